The Balaban J connectivity index is 3.89. The molecule has 6 unspecified atom stereocenters. The minimum absolute atomic E-state index is 0.126. The Morgan fingerprint density at radius 3 is 1.29 bits per heavy atom. The van der Waals surface area contributed by atoms with E-state index in [4.69, 9.17) is 6.42 Å². The lowest BCUT2D eigenvalue weighted by Crippen LogP contribution is -2.35. The summed E-state index contributed by atoms with van der Waals surface area (Å²) in [7, 11) is -11.3. The second kappa shape index (κ2) is 34.6. The molecule has 6 atom stereocenters. The van der Waals surface area contributed by atoms with Gasteiger partial charge in [0.2, 0.25) is 0 Å². The molecule has 1 saturated carbocycles. The van der Waals surface area contributed by atoms with Crippen molar-refractivity contribution < 1.29 is 43.8 Å². The summed E-state index contributed by atoms with van der Waals surface area (Å²) in [5.41, 5.74) is -1.81. The first-order valence-corrected chi connectivity index (χ1v) is 22.3. The molecule has 0 heterocycles. The summed E-state index contributed by atoms with van der Waals surface area (Å²) < 4.78 is 31.9. The van der Waals surface area contributed by atoms with E-state index in [1.165, 1.54) is 0 Å². The minimum atomic E-state index is -5.83. The predicted molar refractivity (Wildman–Crippen MR) is 245 cm³/mol. The van der Waals surface area contributed by atoms with Crippen molar-refractivity contribution in [1.82, 2.24) is 0 Å². The highest BCUT2D eigenvalue weighted by molar-refractivity contribution is 8.29. The van der Waals surface area contributed by atoms with Gasteiger partial charge in [-0.1, -0.05) is 41.1 Å². The van der Waals surface area contributed by atoms with Crippen LogP contribution in [0.2, 0.25) is 0 Å². The van der Waals surface area contributed by atoms with Crippen molar-refractivity contribution in [2.24, 2.45) is 23.7 Å². The molecule has 65 heavy (non-hydrogen) atoms. The van der Waals surface area contributed by atoms with Crippen LogP contribution in [0.4, 0.5) is 0 Å². The molecule has 1 rings (SSSR count). The Morgan fingerprint density at radius 2 is 0.908 bits per heavy atom. The quantitative estimate of drug-likeness (QED) is 0.135. The van der Waals surface area contributed by atoms with E-state index in [0.29, 0.717) is 12.8 Å². The van der Waals surface area contributed by atoms with Crippen LogP contribution in [-0.2, 0) is 23.6 Å². The van der Waals surface area contributed by atoms with E-state index in [-0.39, 0.29) is 19.3 Å². The summed E-state index contributed by atoms with van der Waals surface area (Å²) in [6, 6.07) is 0. The maximum absolute atomic E-state index is 14.4. The third-order valence-electron chi connectivity index (χ3n) is 7.57. The number of carboxylic acids is 1. The van der Waals surface area contributed by atoms with Gasteiger partial charge in [0.25, 0.3) is 0 Å². The Kier molecular flexibility index (Phi) is 28.7. The number of hydrogen-bond acceptors (Lipinski definition) is 6. The van der Waals surface area contributed by atoms with E-state index in [0.717, 1.165) is 0 Å². The fraction of sp³-hybridized carbons (Fsp3) is 0.241. The van der Waals surface area contributed by atoms with Gasteiger partial charge >= 0.3 is 20.3 Å². The highest BCUT2D eigenvalue weighted by Crippen LogP contribution is 2.82. The molecule has 0 amide bonds. The van der Waals surface area contributed by atoms with Crippen molar-refractivity contribution in [2.75, 3.05) is 0 Å². The van der Waals surface area contributed by atoms with E-state index in [2.05, 4.69) is 241 Å². The van der Waals surface area contributed by atoms with Crippen LogP contribution in [0.15, 0.2) is 0 Å². The van der Waals surface area contributed by atoms with Gasteiger partial charge in [-0.05, 0) is 253 Å². The Morgan fingerprint density at radius 1 is 0.538 bits per heavy atom. The van der Waals surface area contributed by atoms with Crippen LogP contribution in [-0.4, -0.2) is 31.8 Å². The van der Waals surface area contributed by atoms with Gasteiger partial charge in [-0.2, -0.15) is 0 Å². The van der Waals surface area contributed by atoms with Gasteiger partial charge in [0.1, 0.15) is 5.92 Å². The number of terminal acetylenes is 1. The largest absolute Gasteiger partial charge is 0.480 e. The summed E-state index contributed by atoms with van der Waals surface area (Å²) in [6.07, 6.45) is 5.70. The number of rotatable bonds is 6. The van der Waals surface area contributed by atoms with Gasteiger partial charge in [0.15, 0.2) is 0 Å². The van der Waals surface area contributed by atoms with Crippen LogP contribution in [0.5, 0.6) is 0 Å². The molecule has 308 valence electrons. The van der Waals surface area contributed by atoms with Gasteiger partial charge in [-0.3, -0.25) is 9.36 Å². The number of aliphatic carboxylic acids is 1. The van der Waals surface area contributed by atoms with Crippen LogP contribution in [0.25, 0.3) is 0 Å². The SMILES string of the molecule is C#CC#CC#CC#CC#CC#CC#CC1CCCC(C#CC#CC#CC#CC#CC#CC#CC)CCC(C(C#CC#CC#CC#CC#CC#CC)C(=O)O)C(P(=O)(OOO)P(=O)(O)O)C1. The van der Waals surface area contributed by atoms with Crippen LogP contribution in [0.3, 0.4) is 0 Å². The van der Waals surface area contributed by atoms with Crippen LogP contribution < -0.4 is 0 Å². The van der Waals surface area contributed by atoms with E-state index in [1.54, 1.807) is 13.8 Å². The zero-order chi connectivity index (χ0) is 47.7. The fourth-order valence-corrected chi connectivity index (χ4v) is 9.36. The van der Waals surface area contributed by atoms with E-state index >= 15 is 0 Å². The first kappa shape index (κ1) is 53.9. The van der Waals surface area contributed by atoms with E-state index < -0.39 is 56.1 Å². The molecule has 4 N–H and O–H groups in total. The number of carboxylic acid groups (broad SMARTS) is 1. The average Bonchev–Trinajstić information content (AvgIpc) is 3.27. The fourth-order valence-electron chi connectivity index (χ4n) is 5.05. The van der Waals surface area contributed by atoms with Crippen molar-refractivity contribution in [2.45, 2.75) is 58.0 Å². The van der Waals surface area contributed by atoms with Crippen molar-refractivity contribution in [1.29, 1.82) is 0 Å². The molecular formula is C54H28O9P2. The monoisotopic (exact) mass is 882 g/mol. The van der Waals surface area contributed by atoms with Crippen LogP contribution in [0.1, 0.15) is 52.4 Å². The summed E-state index contributed by atoms with van der Waals surface area (Å²) in [6.45, 7) is 3.26. The van der Waals surface area contributed by atoms with Crippen molar-refractivity contribution in [3.05, 3.63) is 0 Å². The maximum Gasteiger partial charge on any atom is 0.410 e. The lowest BCUT2D eigenvalue weighted by atomic mass is 9.78. The topological polar surface area (TPSA) is 151 Å². The molecule has 0 aromatic rings. The molecule has 1 fully saturated rings. The third-order valence-corrected chi connectivity index (χ3v) is 13.3. The molecule has 0 aliphatic heterocycles. The van der Waals surface area contributed by atoms with Gasteiger partial charge in [-0.25, -0.2) is 9.82 Å². The van der Waals surface area contributed by atoms with Crippen molar-refractivity contribution in [3.8, 4) is 237 Å². The third kappa shape index (κ3) is 24.7. The van der Waals surface area contributed by atoms with Crippen molar-refractivity contribution in [3.63, 3.8) is 0 Å². The van der Waals surface area contributed by atoms with E-state index in [1.807, 2.05) is 0 Å². The molecule has 0 spiro atoms. The normalized spacial score (nSPS) is 15.3. The smallest absolute Gasteiger partial charge is 0.410 e. The molecule has 0 bridgehead atoms. The molecular weight excluding hydrogens is 855 g/mol. The summed E-state index contributed by atoms with van der Waals surface area (Å²) in [4.78, 5) is 33.8. The van der Waals surface area contributed by atoms with Gasteiger partial charge in [0.05, 0.1) is 5.66 Å². The highest BCUT2D eigenvalue weighted by Gasteiger charge is 2.56. The Labute approximate surface area is 381 Å². The molecule has 9 nitrogen and oxygen atoms in total. The predicted octanol–water partition coefficient (Wildman–Crippen LogP) is 3.79. The van der Waals surface area contributed by atoms with Crippen LogP contribution >= 0.6 is 14.3 Å². The first-order chi connectivity index (χ1) is 31.5. The standard InChI is InChI=1S/C54H28O9P2/c1-4-7-10-13-16-19-22-24-27-28-31-34-37-41-49-43-40-44-50(42-38-35-32-29-26-23-20-17-14-11-8-5-2)48-53(64(58,63-62-57)65(59,60)61)51(47-46-49)52(54(55)56)45-39-36-33-30-25-21-18-15-12-9-6-3/h2,49-53,57H,40,43-44,46-48H2,1,3H3,(H,55,56)(H2,59,60,61). The summed E-state index contributed by atoms with van der Waals surface area (Å²) >= 11 is 0. The zero-order valence-electron chi connectivity index (χ0n) is 34.4. The maximum atomic E-state index is 14.4. The molecule has 1 aliphatic carbocycles. The summed E-state index contributed by atoms with van der Waals surface area (Å²) in [5, 5.41) is 23.4. The molecule has 0 saturated heterocycles. The van der Waals surface area contributed by atoms with Crippen molar-refractivity contribution >= 4 is 20.3 Å². The second-order valence-electron chi connectivity index (χ2n) is 11.6. The minimum Gasteiger partial charge on any atom is -0.480 e. The van der Waals surface area contributed by atoms with Gasteiger partial charge in [0, 0.05) is 11.8 Å². The Hall–Kier alpha value is -9.07. The van der Waals surface area contributed by atoms with Crippen LogP contribution in [0, 0.1) is 261 Å². The highest BCUT2D eigenvalue weighted by atomic mass is 32.1. The molecule has 0 aromatic heterocycles. The molecule has 0 radical (unpaired) electrons. The first-order valence-electron chi connectivity index (χ1n) is 18.2. The van der Waals surface area contributed by atoms with E-state index in [9.17, 15) is 34.1 Å². The lowest BCUT2D eigenvalue weighted by molar-refractivity contribution is -0.439. The van der Waals surface area contributed by atoms with Gasteiger partial charge in [-0.15, -0.1) is 11.1 Å². The molecule has 0 aromatic carbocycles. The molecule has 1 aliphatic rings. The number of hydrogen-bond donors (Lipinski definition) is 4. The zero-order valence-corrected chi connectivity index (χ0v) is 36.2. The lowest BCUT2D eigenvalue weighted by Gasteiger charge is -2.36. The molecule has 11 heteroatoms. The average molecular weight is 883 g/mol. The number of carbonyl (C=O) groups is 1. The van der Waals surface area contributed by atoms with Gasteiger partial charge < -0.3 is 14.9 Å². The Bertz CT molecular complexity index is 3280. The summed E-state index contributed by atoms with van der Waals surface area (Å²) in [5.74, 6) is 91.5. The second-order valence-corrected chi connectivity index (χ2v) is 17.8.